The number of carbonyl (C=O) groups excluding carboxylic acids is 2. The highest BCUT2D eigenvalue weighted by Gasteiger charge is 2.34. The van der Waals surface area contributed by atoms with E-state index in [1.54, 1.807) is 16.9 Å². The smallest absolute Gasteiger partial charge is 0.232 e. The molecule has 1 aliphatic rings. The van der Waals surface area contributed by atoms with Crippen molar-refractivity contribution < 1.29 is 14.0 Å². The van der Waals surface area contributed by atoms with Crippen LogP contribution in [0.3, 0.4) is 0 Å². The van der Waals surface area contributed by atoms with Gasteiger partial charge in [-0.05, 0) is 25.5 Å². The molecule has 2 N–H and O–H groups in total. The number of anilines is 2. The van der Waals surface area contributed by atoms with E-state index in [9.17, 15) is 14.0 Å². The third kappa shape index (κ3) is 2.69. The molecule has 1 unspecified atom stereocenters. The fourth-order valence-corrected chi connectivity index (χ4v) is 2.79. The average molecular weight is 316 g/mol. The fourth-order valence-electron chi connectivity index (χ4n) is 2.79. The molecule has 1 aromatic carbocycles. The second-order valence-electron chi connectivity index (χ2n) is 5.46. The molecule has 120 valence electrons. The second kappa shape index (κ2) is 5.83. The summed E-state index contributed by atoms with van der Waals surface area (Å²) in [5, 5.41) is 9.42. The van der Waals surface area contributed by atoms with Gasteiger partial charge in [0.1, 0.15) is 5.82 Å². The van der Waals surface area contributed by atoms with E-state index in [0.717, 1.165) is 5.69 Å². The molecule has 0 radical (unpaired) electrons. The van der Waals surface area contributed by atoms with Crippen LogP contribution in [0.25, 0.3) is 0 Å². The summed E-state index contributed by atoms with van der Waals surface area (Å²) >= 11 is 0. The van der Waals surface area contributed by atoms with Crippen LogP contribution in [-0.2, 0) is 16.1 Å². The summed E-state index contributed by atoms with van der Waals surface area (Å²) in [4.78, 5) is 24.3. The number of halogens is 1. The van der Waals surface area contributed by atoms with Crippen molar-refractivity contribution in [2.45, 2.75) is 32.7 Å². The molecule has 0 saturated carbocycles. The number of benzene rings is 1. The predicted octanol–water partition coefficient (Wildman–Crippen LogP) is 2.42. The van der Waals surface area contributed by atoms with Crippen LogP contribution < -0.4 is 10.6 Å². The number of aromatic nitrogens is 2. The van der Waals surface area contributed by atoms with Crippen LogP contribution in [0.1, 0.15) is 30.5 Å². The largest absolute Gasteiger partial charge is 0.323 e. The first-order valence-corrected chi connectivity index (χ1v) is 7.42. The Balaban J connectivity index is 1.75. The molecule has 2 heterocycles. The number of hydrogen-bond acceptors (Lipinski definition) is 3. The summed E-state index contributed by atoms with van der Waals surface area (Å²) in [5.41, 5.74) is 2.16. The van der Waals surface area contributed by atoms with E-state index in [1.165, 1.54) is 12.1 Å². The molecule has 23 heavy (non-hydrogen) atoms. The quantitative estimate of drug-likeness (QED) is 0.909. The van der Waals surface area contributed by atoms with Gasteiger partial charge < -0.3 is 10.6 Å². The zero-order chi connectivity index (χ0) is 16.6. The highest BCUT2D eigenvalue weighted by Crippen LogP contribution is 2.36. The van der Waals surface area contributed by atoms with E-state index in [2.05, 4.69) is 15.7 Å². The molecule has 2 amide bonds. The Morgan fingerprint density at radius 2 is 2.26 bits per heavy atom. The number of amides is 2. The standard InChI is InChI=1S/C16H17FN4O2/c1-3-21-9(2)13(8-18-21)19-14(22)7-11-10-5-4-6-12(17)15(10)20-16(11)23/h4-6,8,11H,3,7H2,1-2H3,(H,19,22)(H,20,23). The molecule has 1 atom stereocenters. The Bertz CT molecular complexity index is 784. The van der Waals surface area contributed by atoms with Gasteiger partial charge in [0.15, 0.2) is 0 Å². The van der Waals surface area contributed by atoms with Crippen molar-refractivity contribution in [2.75, 3.05) is 10.6 Å². The zero-order valence-corrected chi connectivity index (χ0v) is 12.9. The molecule has 3 rings (SSSR count). The minimum Gasteiger partial charge on any atom is -0.323 e. The summed E-state index contributed by atoms with van der Waals surface area (Å²) in [5.74, 6) is -1.83. The van der Waals surface area contributed by atoms with Gasteiger partial charge in [-0.3, -0.25) is 14.3 Å². The van der Waals surface area contributed by atoms with Gasteiger partial charge in [-0.15, -0.1) is 0 Å². The van der Waals surface area contributed by atoms with Crippen LogP contribution in [0.4, 0.5) is 15.8 Å². The van der Waals surface area contributed by atoms with E-state index in [-0.39, 0.29) is 23.9 Å². The molecule has 0 bridgehead atoms. The Morgan fingerprint density at radius 3 is 2.96 bits per heavy atom. The molecule has 2 aromatic rings. The molecule has 0 fully saturated rings. The molecule has 1 aliphatic heterocycles. The van der Waals surface area contributed by atoms with Gasteiger partial charge in [-0.1, -0.05) is 12.1 Å². The predicted molar refractivity (Wildman–Crippen MR) is 83.7 cm³/mol. The van der Waals surface area contributed by atoms with E-state index >= 15 is 0 Å². The number of carbonyl (C=O) groups is 2. The average Bonchev–Trinajstić information content (AvgIpc) is 3.02. The SMILES string of the molecule is CCn1ncc(NC(=O)CC2C(=O)Nc3c(F)cccc32)c1C. The minimum atomic E-state index is -0.678. The van der Waals surface area contributed by atoms with E-state index in [0.29, 0.717) is 17.8 Å². The first kappa shape index (κ1) is 15.2. The molecule has 6 nitrogen and oxygen atoms in total. The minimum absolute atomic E-state index is 0.0426. The second-order valence-corrected chi connectivity index (χ2v) is 5.46. The third-order valence-corrected chi connectivity index (χ3v) is 4.05. The fraction of sp³-hybridized carbons (Fsp3) is 0.312. The Kier molecular flexibility index (Phi) is 3.85. The van der Waals surface area contributed by atoms with Crippen LogP contribution >= 0.6 is 0 Å². The maximum atomic E-state index is 13.7. The number of fused-ring (bicyclic) bond motifs is 1. The van der Waals surface area contributed by atoms with Crippen molar-refractivity contribution in [1.29, 1.82) is 0 Å². The van der Waals surface area contributed by atoms with Gasteiger partial charge in [0.25, 0.3) is 0 Å². The number of rotatable bonds is 4. The number of nitrogens with zero attached hydrogens (tertiary/aromatic N) is 2. The summed E-state index contributed by atoms with van der Waals surface area (Å²) in [6, 6.07) is 4.48. The van der Waals surface area contributed by atoms with Crippen molar-refractivity contribution in [3.05, 3.63) is 41.5 Å². The Labute approximate surface area is 132 Å². The van der Waals surface area contributed by atoms with E-state index in [4.69, 9.17) is 0 Å². The topological polar surface area (TPSA) is 76.0 Å². The van der Waals surface area contributed by atoms with Crippen LogP contribution in [0.5, 0.6) is 0 Å². The molecule has 7 heteroatoms. The molecule has 1 aromatic heterocycles. The summed E-state index contributed by atoms with van der Waals surface area (Å²) < 4.78 is 15.5. The van der Waals surface area contributed by atoms with E-state index < -0.39 is 11.7 Å². The molecule has 0 aliphatic carbocycles. The monoisotopic (exact) mass is 316 g/mol. The highest BCUT2D eigenvalue weighted by atomic mass is 19.1. The van der Waals surface area contributed by atoms with Gasteiger partial charge in [0.2, 0.25) is 11.8 Å². The lowest BCUT2D eigenvalue weighted by molar-refractivity contribution is -0.122. The number of aryl methyl sites for hydroxylation is 1. The normalized spacial score (nSPS) is 16.1. The van der Waals surface area contributed by atoms with E-state index in [1.807, 2.05) is 13.8 Å². The first-order chi connectivity index (χ1) is 11.0. The molecule has 0 saturated heterocycles. The van der Waals surface area contributed by atoms with Gasteiger partial charge >= 0.3 is 0 Å². The number of hydrogen-bond donors (Lipinski definition) is 2. The molecular formula is C16H17FN4O2. The Morgan fingerprint density at radius 1 is 1.48 bits per heavy atom. The lowest BCUT2D eigenvalue weighted by Gasteiger charge is -2.09. The lowest BCUT2D eigenvalue weighted by Crippen LogP contribution is -2.20. The van der Waals surface area contributed by atoms with Gasteiger partial charge in [0.05, 0.1) is 29.2 Å². The van der Waals surface area contributed by atoms with Crippen molar-refractivity contribution in [3.8, 4) is 0 Å². The molecular weight excluding hydrogens is 299 g/mol. The van der Waals surface area contributed by atoms with Gasteiger partial charge in [-0.25, -0.2) is 4.39 Å². The maximum absolute atomic E-state index is 13.7. The summed E-state index contributed by atoms with van der Waals surface area (Å²) in [7, 11) is 0. The zero-order valence-electron chi connectivity index (χ0n) is 12.9. The number of para-hydroxylation sites is 1. The van der Waals surface area contributed by atoms with Crippen molar-refractivity contribution in [3.63, 3.8) is 0 Å². The first-order valence-electron chi connectivity index (χ1n) is 7.42. The summed E-state index contributed by atoms with van der Waals surface area (Å²) in [6.07, 6.45) is 1.54. The number of nitrogens with one attached hydrogen (secondary N) is 2. The molecule has 0 spiro atoms. The summed E-state index contributed by atoms with van der Waals surface area (Å²) in [6.45, 7) is 4.53. The van der Waals surface area contributed by atoms with Crippen LogP contribution in [0.2, 0.25) is 0 Å². The highest BCUT2D eigenvalue weighted by molar-refractivity contribution is 6.06. The van der Waals surface area contributed by atoms with Crippen molar-refractivity contribution in [1.82, 2.24) is 9.78 Å². The maximum Gasteiger partial charge on any atom is 0.232 e. The third-order valence-electron chi connectivity index (χ3n) is 4.05. The van der Waals surface area contributed by atoms with Crippen molar-refractivity contribution >= 4 is 23.2 Å². The van der Waals surface area contributed by atoms with Crippen LogP contribution in [-0.4, -0.2) is 21.6 Å². The van der Waals surface area contributed by atoms with Crippen LogP contribution in [0, 0.1) is 12.7 Å². The lowest BCUT2D eigenvalue weighted by atomic mass is 9.97. The van der Waals surface area contributed by atoms with Gasteiger partial charge in [-0.2, -0.15) is 5.10 Å². The van der Waals surface area contributed by atoms with Crippen molar-refractivity contribution in [2.24, 2.45) is 0 Å². The van der Waals surface area contributed by atoms with Crippen LogP contribution in [0.15, 0.2) is 24.4 Å². The van der Waals surface area contributed by atoms with Gasteiger partial charge in [0, 0.05) is 13.0 Å². The Hall–Kier alpha value is -2.70.